The van der Waals surface area contributed by atoms with Crippen LogP contribution in [-0.2, 0) is 11.2 Å². The summed E-state index contributed by atoms with van der Waals surface area (Å²) < 4.78 is 0. The van der Waals surface area contributed by atoms with Crippen molar-refractivity contribution in [1.82, 2.24) is 4.90 Å². The smallest absolute Gasteiger partial charge is 0.227 e. The SMILES string of the molecule is Cc1ccc(CC(=O)N2CCCC2C(C)C)cc1. The molecule has 0 saturated carbocycles. The van der Waals surface area contributed by atoms with Crippen molar-refractivity contribution < 1.29 is 4.79 Å². The van der Waals surface area contributed by atoms with Crippen LogP contribution in [0.25, 0.3) is 0 Å². The van der Waals surface area contributed by atoms with Gasteiger partial charge in [-0.05, 0) is 31.2 Å². The number of carbonyl (C=O) groups excluding carboxylic acids is 1. The van der Waals surface area contributed by atoms with Crippen LogP contribution < -0.4 is 0 Å². The fourth-order valence-corrected chi connectivity index (χ4v) is 2.78. The van der Waals surface area contributed by atoms with Gasteiger partial charge in [0.15, 0.2) is 0 Å². The lowest BCUT2D eigenvalue weighted by molar-refractivity contribution is -0.132. The maximum atomic E-state index is 12.3. The quantitative estimate of drug-likeness (QED) is 0.801. The molecule has 1 amide bonds. The second-order valence-corrected chi connectivity index (χ2v) is 5.70. The number of nitrogens with zero attached hydrogens (tertiary/aromatic N) is 1. The molecule has 0 radical (unpaired) electrons. The molecule has 0 aromatic heterocycles. The molecule has 2 nitrogen and oxygen atoms in total. The molecule has 1 aliphatic heterocycles. The molecule has 1 fully saturated rings. The predicted molar refractivity (Wildman–Crippen MR) is 74.5 cm³/mol. The van der Waals surface area contributed by atoms with Crippen LogP contribution in [-0.4, -0.2) is 23.4 Å². The number of likely N-dealkylation sites (tertiary alicyclic amines) is 1. The third kappa shape index (κ3) is 2.92. The lowest BCUT2D eigenvalue weighted by atomic mass is 10.0. The van der Waals surface area contributed by atoms with Gasteiger partial charge in [-0.1, -0.05) is 43.7 Å². The Labute approximate surface area is 110 Å². The minimum absolute atomic E-state index is 0.287. The Bertz CT molecular complexity index is 408. The minimum atomic E-state index is 0.287. The van der Waals surface area contributed by atoms with Gasteiger partial charge in [0, 0.05) is 12.6 Å². The highest BCUT2D eigenvalue weighted by molar-refractivity contribution is 5.79. The Hall–Kier alpha value is -1.31. The van der Waals surface area contributed by atoms with Crippen LogP contribution in [0.2, 0.25) is 0 Å². The number of hydrogen-bond acceptors (Lipinski definition) is 1. The lowest BCUT2D eigenvalue weighted by Gasteiger charge is -2.27. The third-order valence-corrected chi connectivity index (χ3v) is 3.87. The van der Waals surface area contributed by atoms with E-state index < -0.39 is 0 Å². The molecular weight excluding hydrogens is 222 g/mol. The van der Waals surface area contributed by atoms with Crippen LogP contribution in [0.5, 0.6) is 0 Å². The van der Waals surface area contributed by atoms with Gasteiger partial charge in [-0.25, -0.2) is 0 Å². The molecule has 0 spiro atoms. The zero-order chi connectivity index (χ0) is 13.1. The predicted octanol–water partition coefficient (Wildman–Crippen LogP) is 3.18. The largest absolute Gasteiger partial charge is 0.339 e. The van der Waals surface area contributed by atoms with Crippen molar-refractivity contribution in [2.45, 2.75) is 46.1 Å². The summed E-state index contributed by atoms with van der Waals surface area (Å²) in [5, 5.41) is 0. The van der Waals surface area contributed by atoms with Crippen LogP contribution in [0.3, 0.4) is 0 Å². The van der Waals surface area contributed by atoms with E-state index in [1.807, 2.05) is 0 Å². The molecule has 0 aliphatic carbocycles. The molecule has 1 heterocycles. The average molecular weight is 245 g/mol. The Balaban J connectivity index is 2.01. The molecule has 2 heteroatoms. The van der Waals surface area contributed by atoms with E-state index in [0.717, 1.165) is 24.9 Å². The van der Waals surface area contributed by atoms with Crippen LogP contribution in [0.4, 0.5) is 0 Å². The van der Waals surface area contributed by atoms with E-state index in [-0.39, 0.29) is 5.91 Å². The van der Waals surface area contributed by atoms with Crippen LogP contribution in [0.15, 0.2) is 24.3 Å². The van der Waals surface area contributed by atoms with Gasteiger partial charge in [0.1, 0.15) is 0 Å². The number of carbonyl (C=O) groups is 1. The lowest BCUT2D eigenvalue weighted by Crippen LogP contribution is -2.39. The summed E-state index contributed by atoms with van der Waals surface area (Å²) in [5.74, 6) is 0.851. The fourth-order valence-electron chi connectivity index (χ4n) is 2.78. The number of amides is 1. The van der Waals surface area contributed by atoms with E-state index >= 15 is 0 Å². The second-order valence-electron chi connectivity index (χ2n) is 5.70. The standard InChI is InChI=1S/C16H23NO/c1-12(2)15-5-4-10-17(15)16(18)11-14-8-6-13(3)7-9-14/h6-9,12,15H,4-5,10-11H2,1-3H3. The monoisotopic (exact) mass is 245 g/mol. The maximum Gasteiger partial charge on any atom is 0.227 e. The normalized spacial score (nSPS) is 19.6. The summed E-state index contributed by atoms with van der Waals surface area (Å²) in [6.45, 7) is 7.43. The molecule has 0 bridgehead atoms. The number of hydrogen-bond donors (Lipinski definition) is 0. The van der Waals surface area contributed by atoms with Crippen LogP contribution in [0.1, 0.15) is 37.8 Å². The van der Waals surface area contributed by atoms with Crippen molar-refractivity contribution in [2.24, 2.45) is 5.92 Å². The van der Waals surface area contributed by atoms with Crippen molar-refractivity contribution in [2.75, 3.05) is 6.54 Å². The summed E-state index contributed by atoms with van der Waals surface area (Å²) in [6, 6.07) is 8.73. The van der Waals surface area contributed by atoms with Gasteiger partial charge in [0.05, 0.1) is 6.42 Å². The van der Waals surface area contributed by atoms with Crippen LogP contribution >= 0.6 is 0 Å². The summed E-state index contributed by atoms with van der Waals surface area (Å²) in [5.41, 5.74) is 2.37. The van der Waals surface area contributed by atoms with E-state index in [2.05, 4.69) is 49.9 Å². The minimum Gasteiger partial charge on any atom is -0.339 e. The molecule has 98 valence electrons. The Morgan fingerprint density at radius 2 is 2.00 bits per heavy atom. The molecule has 1 aromatic carbocycles. The molecule has 1 aromatic rings. The van der Waals surface area contributed by atoms with E-state index in [9.17, 15) is 4.79 Å². The topological polar surface area (TPSA) is 20.3 Å². The number of benzene rings is 1. The molecule has 0 N–H and O–H groups in total. The van der Waals surface area contributed by atoms with Crippen molar-refractivity contribution in [3.05, 3.63) is 35.4 Å². The molecule has 2 rings (SSSR count). The first-order valence-corrected chi connectivity index (χ1v) is 6.93. The highest BCUT2D eigenvalue weighted by Gasteiger charge is 2.30. The first-order chi connectivity index (χ1) is 8.58. The summed E-state index contributed by atoms with van der Waals surface area (Å²) in [7, 11) is 0. The van der Waals surface area contributed by atoms with Gasteiger partial charge in [-0.15, -0.1) is 0 Å². The van der Waals surface area contributed by atoms with E-state index in [1.54, 1.807) is 0 Å². The van der Waals surface area contributed by atoms with Gasteiger partial charge >= 0.3 is 0 Å². The number of rotatable bonds is 3. The maximum absolute atomic E-state index is 12.3. The van der Waals surface area contributed by atoms with E-state index in [1.165, 1.54) is 5.56 Å². The fraction of sp³-hybridized carbons (Fsp3) is 0.562. The van der Waals surface area contributed by atoms with Gasteiger partial charge in [-0.2, -0.15) is 0 Å². The summed E-state index contributed by atoms with van der Waals surface area (Å²) >= 11 is 0. The van der Waals surface area contributed by atoms with E-state index in [4.69, 9.17) is 0 Å². The highest BCUT2D eigenvalue weighted by atomic mass is 16.2. The second kappa shape index (κ2) is 5.55. The number of aryl methyl sites for hydroxylation is 1. The molecule has 1 unspecified atom stereocenters. The summed E-state index contributed by atoms with van der Waals surface area (Å²) in [6.07, 6.45) is 2.86. The molecule has 1 saturated heterocycles. The van der Waals surface area contributed by atoms with Gasteiger partial charge < -0.3 is 4.90 Å². The third-order valence-electron chi connectivity index (χ3n) is 3.87. The molecule has 1 aliphatic rings. The highest BCUT2D eigenvalue weighted by Crippen LogP contribution is 2.24. The van der Waals surface area contributed by atoms with Crippen molar-refractivity contribution in [3.8, 4) is 0 Å². The molecular formula is C16H23NO. The van der Waals surface area contributed by atoms with Gasteiger partial charge in [-0.3, -0.25) is 4.79 Å². The first kappa shape index (κ1) is 13.1. The van der Waals surface area contributed by atoms with Crippen molar-refractivity contribution in [3.63, 3.8) is 0 Å². The van der Waals surface area contributed by atoms with Crippen molar-refractivity contribution in [1.29, 1.82) is 0 Å². The van der Waals surface area contributed by atoms with Gasteiger partial charge in [0.25, 0.3) is 0 Å². The summed E-state index contributed by atoms with van der Waals surface area (Å²) in [4.78, 5) is 14.4. The van der Waals surface area contributed by atoms with Gasteiger partial charge in [0.2, 0.25) is 5.91 Å². The molecule has 18 heavy (non-hydrogen) atoms. The van der Waals surface area contributed by atoms with E-state index in [0.29, 0.717) is 18.4 Å². The van der Waals surface area contributed by atoms with Crippen LogP contribution in [0, 0.1) is 12.8 Å². The zero-order valence-corrected chi connectivity index (χ0v) is 11.6. The Kier molecular flexibility index (Phi) is 4.05. The Morgan fingerprint density at radius 1 is 1.33 bits per heavy atom. The van der Waals surface area contributed by atoms with Crippen molar-refractivity contribution >= 4 is 5.91 Å². The first-order valence-electron chi connectivity index (χ1n) is 6.93. The zero-order valence-electron chi connectivity index (χ0n) is 11.6. The Morgan fingerprint density at radius 3 is 2.61 bits per heavy atom. The average Bonchev–Trinajstić information content (AvgIpc) is 2.81. The molecule has 1 atom stereocenters.